The number of halogens is 4. The number of rotatable bonds is 6. The highest BCUT2D eigenvalue weighted by Crippen LogP contribution is 2.37. The second-order valence-electron chi connectivity index (χ2n) is 5.61. The average Bonchev–Trinajstić information content (AvgIpc) is 3.12. The SMILES string of the molecule is O=[N+]([O-])OC(=C(Cn1ccnc1)c1ccc(Cl)cc1Cl)c1ccc(Cl)cc1Cl. The van der Waals surface area contributed by atoms with Crippen LogP contribution in [0.4, 0.5) is 0 Å². The molecule has 3 rings (SSSR count). The van der Waals surface area contributed by atoms with E-state index < -0.39 is 5.09 Å². The Morgan fingerprint density at radius 1 is 1.04 bits per heavy atom. The molecule has 1 aromatic heterocycles. The van der Waals surface area contributed by atoms with Crippen LogP contribution >= 0.6 is 46.4 Å². The van der Waals surface area contributed by atoms with Crippen LogP contribution in [-0.4, -0.2) is 14.6 Å². The molecule has 0 aliphatic carbocycles. The van der Waals surface area contributed by atoms with E-state index in [0.717, 1.165) is 0 Å². The van der Waals surface area contributed by atoms with Crippen LogP contribution in [-0.2, 0) is 11.4 Å². The van der Waals surface area contributed by atoms with Gasteiger partial charge in [0.1, 0.15) is 5.76 Å². The number of hydrogen-bond acceptors (Lipinski definition) is 4. The lowest BCUT2D eigenvalue weighted by atomic mass is 10.0. The van der Waals surface area contributed by atoms with Crippen molar-refractivity contribution >= 4 is 57.7 Å². The first-order valence-corrected chi connectivity index (χ1v) is 9.28. The van der Waals surface area contributed by atoms with E-state index >= 15 is 0 Å². The number of aromatic nitrogens is 2. The summed E-state index contributed by atoms with van der Waals surface area (Å²) in [5.41, 5.74) is 1.21. The highest BCUT2D eigenvalue weighted by molar-refractivity contribution is 6.37. The molecule has 0 atom stereocenters. The van der Waals surface area contributed by atoms with Crippen LogP contribution in [0.15, 0.2) is 55.1 Å². The molecule has 0 unspecified atom stereocenters. The molecule has 0 fully saturated rings. The van der Waals surface area contributed by atoms with E-state index in [1.165, 1.54) is 6.07 Å². The molecule has 2 aromatic carbocycles. The van der Waals surface area contributed by atoms with Crippen molar-refractivity contribution in [2.75, 3.05) is 0 Å². The van der Waals surface area contributed by atoms with Gasteiger partial charge in [-0.3, -0.25) is 4.84 Å². The molecule has 6 nitrogen and oxygen atoms in total. The minimum absolute atomic E-state index is 0.0652. The molecule has 0 bridgehead atoms. The van der Waals surface area contributed by atoms with Crippen molar-refractivity contribution in [3.8, 4) is 0 Å². The number of benzene rings is 2. The Balaban J connectivity index is 2.29. The van der Waals surface area contributed by atoms with Gasteiger partial charge in [0.05, 0.1) is 17.9 Å². The Hall–Kier alpha value is -2.25. The van der Waals surface area contributed by atoms with E-state index in [4.69, 9.17) is 51.2 Å². The second kappa shape index (κ2) is 8.84. The Labute approximate surface area is 180 Å². The summed E-state index contributed by atoms with van der Waals surface area (Å²) in [6.45, 7) is 0.184. The molecular formula is C18H11Cl4N3O3. The summed E-state index contributed by atoms with van der Waals surface area (Å²) in [6.07, 6.45) is 4.86. The van der Waals surface area contributed by atoms with E-state index in [1.54, 1.807) is 53.6 Å². The lowest BCUT2D eigenvalue weighted by Crippen LogP contribution is -2.08. The zero-order valence-corrected chi connectivity index (χ0v) is 17.0. The molecule has 0 aliphatic heterocycles. The van der Waals surface area contributed by atoms with Crippen molar-refractivity contribution in [2.45, 2.75) is 6.54 Å². The molecule has 0 saturated heterocycles. The third-order valence-electron chi connectivity index (χ3n) is 3.77. The van der Waals surface area contributed by atoms with E-state index in [1.807, 2.05) is 0 Å². The zero-order valence-electron chi connectivity index (χ0n) is 14.0. The fraction of sp³-hybridized carbons (Fsp3) is 0.0556. The normalized spacial score (nSPS) is 11.9. The Morgan fingerprint density at radius 3 is 2.14 bits per heavy atom. The van der Waals surface area contributed by atoms with Gasteiger partial charge in [-0.1, -0.05) is 52.5 Å². The van der Waals surface area contributed by atoms with Gasteiger partial charge in [-0.05, 0) is 30.3 Å². The van der Waals surface area contributed by atoms with Crippen LogP contribution in [0, 0.1) is 10.1 Å². The summed E-state index contributed by atoms with van der Waals surface area (Å²) in [7, 11) is 0. The van der Waals surface area contributed by atoms with Crippen LogP contribution in [0.5, 0.6) is 0 Å². The van der Waals surface area contributed by atoms with Crippen molar-refractivity contribution in [3.05, 3.63) is 96.5 Å². The number of nitrogens with zero attached hydrogens (tertiary/aromatic N) is 3. The average molecular weight is 459 g/mol. The topological polar surface area (TPSA) is 70.2 Å². The first-order valence-electron chi connectivity index (χ1n) is 7.77. The molecule has 144 valence electrons. The monoisotopic (exact) mass is 457 g/mol. The van der Waals surface area contributed by atoms with Gasteiger partial charge in [-0.15, -0.1) is 10.1 Å². The minimum Gasteiger partial charge on any atom is -0.333 e. The maximum Gasteiger partial charge on any atom is 0.299 e. The van der Waals surface area contributed by atoms with Crippen molar-refractivity contribution in [3.63, 3.8) is 0 Å². The number of allylic oxidation sites excluding steroid dienone is 1. The van der Waals surface area contributed by atoms with Crippen molar-refractivity contribution < 1.29 is 9.92 Å². The number of imidazole rings is 1. The molecule has 10 heteroatoms. The van der Waals surface area contributed by atoms with Gasteiger partial charge in [-0.25, -0.2) is 4.98 Å². The number of hydrogen-bond donors (Lipinski definition) is 0. The quantitative estimate of drug-likeness (QED) is 0.189. The van der Waals surface area contributed by atoms with Crippen LogP contribution in [0.1, 0.15) is 11.1 Å². The van der Waals surface area contributed by atoms with Gasteiger partial charge >= 0.3 is 0 Å². The standard InChI is InChI=1S/C18H11Cl4N3O3/c19-11-1-3-13(16(21)7-11)15(9-24-6-5-23-10-24)18(28-25(26)27)14-4-2-12(20)8-17(14)22/h1-8,10H,9H2. The van der Waals surface area contributed by atoms with Crippen LogP contribution < -0.4 is 0 Å². The largest absolute Gasteiger partial charge is 0.333 e. The van der Waals surface area contributed by atoms with E-state index in [0.29, 0.717) is 31.8 Å². The smallest absolute Gasteiger partial charge is 0.299 e. The molecule has 3 aromatic rings. The molecular weight excluding hydrogens is 448 g/mol. The van der Waals surface area contributed by atoms with Gasteiger partial charge in [0.15, 0.2) is 0 Å². The van der Waals surface area contributed by atoms with Gasteiger partial charge in [0, 0.05) is 44.2 Å². The van der Waals surface area contributed by atoms with Crippen LogP contribution in [0.2, 0.25) is 20.1 Å². The predicted octanol–water partition coefficient (Wildman–Crippen LogP) is 6.27. The fourth-order valence-corrected chi connectivity index (χ4v) is 3.61. The summed E-state index contributed by atoms with van der Waals surface area (Å²) in [4.78, 5) is 20.2. The third kappa shape index (κ3) is 4.77. The predicted molar refractivity (Wildman–Crippen MR) is 110 cm³/mol. The second-order valence-corrected chi connectivity index (χ2v) is 7.29. The Kier molecular flexibility index (Phi) is 6.46. The molecule has 0 saturated carbocycles. The van der Waals surface area contributed by atoms with E-state index in [9.17, 15) is 10.1 Å². The molecule has 1 heterocycles. The summed E-state index contributed by atoms with van der Waals surface area (Å²) in [5.74, 6) is -0.0652. The van der Waals surface area contributed by atoms with Gasteiger partial charge < -0.3 is 4.57 Å². The first kappa shape index (κ1) is 20.5. The molecule has 28 heavy (non-hydrogen) atoms. The molecule has 0 amide bonds. The minimum atomic E-state index is -0.905. The maximum atomic E-state index is 11.2. The lowest BCUT2D eigenvalue weighted by molar-refractivity contribution is -0.730. The van der Waals surface area contributed by atoms with E-state index in [-0.39, 0.29) is 17.3 Å². The summed E-state index contributed by atoms with van der Waals surface area (Å²) in [6, 6.07) is 9.40. The van der Waals surface area contributed by atoms with Crippen molar-refractivity contribution in [2.24, 2.45) is 0 Å². The highest BCUT2D eigenvalue weighted by atomic mass is 35.5. The first-order chi connectivity index (χ1) is 13.3. The van der Waals surface area contributed by atoms with E-state index in [2.05, 4.69) is 4.98 Å². The molecule has 0 radical (unpaired) electrons. The highest BCUT2D eigenvalue weighted by Gasteiger charge is 2.21. The zero-order chi connectivity index (χ0) is 20.3. The molecule has 0 aliphatic rings. The van der Waals surface area contributed by atoms with Crippen molar-refractivity contribution in [1.29, 1.82) is 0 Å². The van der Waals surface area contributed by atoms with Crippen LogP contribution in [0.3, 0.4) is 0 Å². The lowest BCUT2D eigenvalue weighted by Gasteiger charge is -2.17. The van der Waals surface area contributed by atoms with Gasteiger partial charge in [0.25, 0.3) is 5.09 Å². The molecule has 0 N–H and O–H groups in total. The maximum absolute atomic E-state index is 11.2. The Bertz CT molecular complexity index is 1050. The third-order valence-corrected chi connectivity index (χ3v) is 4.87. The van der Waals surface area contributed by atoms with Gasteiger partial charge in [0.2, 0.25) is 0 Å². The molecule has 0 spiro atoms. The fourth-order valence-electron chi connectivity index (χ4n) is 2.59. The Morgan fingerprint density at radius 2 is 1.64 bits per heavy atom. The summed E-state index contributed by atoms with van der Waals surface area (Å²) < 4.78 is 1.72. The van der Waals surface area contributed by atoms with Gasteiger partial charge in [-0.2, -0.15) is 0 Å². The summed E-state index contributed by atoms with van der Waals surface area (Å²) in [5, 5.41) is 11.6. The van der Waals surface area contributed by atoms with Crippen LogP contribution in [0.25, 0.3) is 11.3 Å². The summed E-state index contributed by atoms with van der Waals surface area (Å²) >= 11 is 24.6. The van der Waals surface area contributed by atoms with Crippen molar-refractivity contribution in [1.82, 2.24) is 9.55 Å².